The molecule has 3 rings (SSSR count). The largest absolute Gasteiger partial charge is 0.492 e. The van der Waals surface area contributed by atoms with Gasteiger partial charge in [-0.2, -0.15) is 13.2 Å². The van der Waals surface area contributed by atoms with E-state index in [0.29, 0.717) is 42.8 Å². The molecule has 3 aromatic heterocycles. The Bertz CT molecular complexity index is 1710. The predicted octanol–water partition coefficient (Wildman–Crippen LogP) is 15.5. The quantitative estimate of drug-likeness (QED) is 0.0270. The van der Waals surface area contributed by atoms with Gasteiger partial charge in [0.1, 0.15) is 40.9 Å². The molecule has 0 aromatic carbocycles. The minimum Gasteiger partial charge on any atom is -0.492 e. The highest BCUT2D eigenvalue weighted by Crippen LogP contribution is 2.20. The lowest BCUT2D eigenvalue weighted by Gasteiger charge is -2.06. The summed E-state index contributed by atoms with van der Waals surface area (Å²) in [6.45, 7) is 6.80. The van der Waals surface area contributed by atoms with Crippen LogP contribution in [0.2, 0.25) is 0 Å². The lowest BCUT2D eigenvalue weighted by Crippen LogP contribution is -2.20. The zero-order valence-electron chi connectivity index (χ0n) is 43.7. The first-order valence-corrected chi connectivity index (χ1v) is 27.1. The average Bonchev–Trinajstić information content (AvgIpc) is 4.16. The number of aromatic nitrogens is 3. The van der Waals surface area contributed by atoms with Crippen LogP contribution in [0.25, 0.3) is 0 Å². The molecule has 3 heterocycles. The van der Waals surface area contributed by atoms with Crippen molar-refractivity contribution in [2.24, 2.45) is 0 Å². The van der Waals surface area contributed by atoms with Gasteiger partial charge in [0.05, 0.1) is 26.4 Å². The van der Waals surface area contributed by atoms with Crippen molar-refractivity contribution in [1.29, 1.82) is 0 Å². The number of nitrogens with one attached hydrogen (secondary N) is 3. The predicted molar refractivity (Wildman–Crippen MR) is 275 cm³/mol. The molecule has 13 nitrogen and oxygen atoms in total. The molecule has 408 valence electrons. The van der Waals surface area contributed by atoms with Crippen LogP contribution in [0.3, 0.4) is 0 Å². The summed E-state index contributed by atoms with van der Waals surface area (Å²) in [7, 11) is 0. The summed E-state index contributed by atoms with van der Waals surface area (Å²) in [6, 6.07) is 4.52. The molecule has 0 atom stereocenters. The third-order valence-electron chi connectivity index (χ3n) is 11.6. The van der Waals surface area contributed by atoms with Crippen molar-refractivity contribution < 1.29 is 61.5 Å². The molecule has 0 saturated heterocycles. The molecule has 16 heteroatoms. The number of esters is 2. The number of unbranched alkanes of at least 4 members (excludes halogenated alkanes) is 27. The Kier molecular flexibility index (Phi) is 40.0. The van der Waals surface area contributed by atoms with E-state index < -0.39 is 30.7 Å². The second-order valence-corrected chi connectivity index (χ2v) is 18.2. The maximum atomic E-state index is 12.0. The summed E-state index contributed by atoms with van der Waals surface area (Å²) < 4.78 is 61.7. The van der Waals surface area contributed by atoms with Crippen molar-refractivity contribution in [3.8, 4) is 17.2 Å². The van der Waals surface area contributed by atoms with Crippen molar-refractivity contribution >= 4 is 17.9 Å². The molecule has 0 bridgehead atoms. The lowest BCUT2D eigenvalue weighted by molar-refractivity contribution is -0.161. The first-order chi connectivity index (χ1) is 34.4. The van der Waals surface area contributed by atoms with Gasteiger partial charge in [0, 0.05) is 36.8 Å². The topological polar surface area (TPSA) is 185 Å². The normalized spacial score (nSPS) is 11.0. The van der Waals surface area contributed by atoms with Crippen molar-refractivity contribution in [3.05, 3.63) is 53.9 Å². The summed E-state index contributed by atoms with van der Waals surface area (Å²) >= 11 is 0. The van der Waals surface area contributed by atoms with E-state index in [1.807, 2.05) is 0 Å². The Hall–Kier alpha value is -4.60. The van der Waals surface area contributed by atoms with Crippen LogP contribution in [0.4, 0.5) is 13.2 Å². The fourth-order valence-electron chi connectivity index (χ4n) is 7.51. The van der Waals surface area contributed by atoms with Gasteiger partial charge in [-0.25, -0.2) is 14.4 Å². The maximum absolute atomic E-state index is 12.0. The molecule has 0 aliphatic rings. The molecule has 0 aliphatic heterocycles. The molecule has 0 unspecified atom stereocenters. The van der Waals surface area contributed by atoms with Gasteiger partial charge in [0.25, 0.3) is 0 Å². The maximum Gasteiger partial charge on any atom is 0.422 e. The monoisotopic (exact) mass is 1010 g/mol. The highest BCUT2D eigenvalue weighted by molar-refractivity contribution is 5.88. The number of halogens is 3. The number of carboxylic acids is 1. The number of H-pyrrole nitrogens is 3. The van der Waals surface area contributed by atoms with E-state index in [0.717, 1.165) is 25.7 Å². The van der Waals surface area contributed by atoms with Crippen molar-refractivity contribution in [1.82, 2.24) is 15.0 Å². The van der Waals surface area contributed by atoms with Crippen LogP contribution in [-0.4, -0.2) is 88.9 Å². The SMILES string of the molecule is CCCCCCCCCCCCOc1c[nH]c(C(=O)O)c1.CCCCCCCCCCCCOc1c[nH]c(C(=O)OCC(F)(F)F)c1.CCCCCCCCCCCCOc1c[nH]c(C(=O)OCCO)c1. The number of alkyl halides is 3. The van der Waals surface area contributed by atoms with Crippen LogP contribution < -0.4 is 14.2 Å². The number of hydrogen-bond donors (Lipinski definition) is 5. The van der Waals surface area contributed by atoms with E-state index in [-0.39, 0.29) is 24.6 Å². The Morgan fingerprint density at radius 1 is 0.437 bits per heavy atom. The first-order valence-electron chi connectivity index (χ1n) is 27.1. The van der Waals surface area contributed by atoms with Gasteiger partial charge in [-0.05, 0) is 19.3 Å². The van der Waals surface area contributed by atoms with E-state index in [1.165, 1.54) is 185 Å². The summed E-state index contributed by atoms with van der Waals surface area (Å²) in [5.41, 5.74) is 0.474. The molecule has 3 aromatic rings. The Labute approximate surface area is 423 Å². The number of aliphatic hydroxyl groups is 1. The number of aliphatic hydroxyl groups excluding tert-OH is 1. The number of aromatic carboxylic acids is 1. The first kappa shape index (κ1) is 64.4. The molecule has 0 fully saturated rings. The minimum atomic E-state index is -4.53. The fourth-order valence-corrected chi connectivity index (χ4v) is 7.51. The van der Waals surface area contributed by atoms with Gasteiger partial charge in [-0.3, -0.25) is 0 Å². The molecular weight excluding hydrogens is 920 g/mol. The summed E-state index contributed by atoms with van der Waals surface area (Å²) in [4.78, 5) is 41.8. The Balaban J connectivity index is 0.000000535. The van der Waals surface area contributed by atoms with Gasteiger partial charge in [-0.15, -0.1) is 0 Å². The number of carbonyl (C=O) groups excluding carboxylic acids is 2. The molecule has 0 aliphatic carbocycles. The summed E-state index contributed by atoms with van der Waals surface area (Å²) in [5, 5.41) is 17.4. The van der Waals surface area contributed by atoms with Crippen LogP contribution in [0.15, 0.2) is 36.8 Å². The molecule has 0 saturated carbocycles. The number of carbonyl (C=O) groups is 3. The van der Waals surface area contributed by atoms with Crippen LogP contribution in [-0.2, 0) is 9.47 Å². The smallest absolute Gasteiger partial charge is 0.422 e. The number of ether oxygens (including phenoxy) is 5. The molecule has 5 N–H and O–H groups in total. The summed E-state index contributed by atoms with van der Waals surface area (Å²) in [6.07, 6.45) is 38.4. The zero-order valence-corrected chi connectivity index (χ0v) is 43.7. The highest BCUT2D eigenvalue weighted by Gasteiger charge is 2.30. The van der Waals surface area contributed by atoms with Crippen LogP contribution in [0.1, 0.15) is 245 Å². The molecular formula is C55H92F3N3O10. The highest BCUT2D eigenvalue weighted by atomic mass is 19.4. The van der Waals surface area contributed by atoms with E-state index in [2.05, 4.69) is 40.5 Å². The number of hydrogen-bond acceptors (Lipinski definition) is 9. The summed E-state index contributed by atoms with van der Waals surface area (Å²) in [5.74, 6) is -0.775. The van der Waals surface area contributed by atoms with Crippen LogP contribution in [0, 0.1) is 0 Å². The number of rotatable bonds is 42. The van der Waals surface area contributed by atoms with E-state index in [9.17, 15) is 27.6 Å². The second-order valence-electron chi connectivity index (χ2n) is 18.2. The fraction of sp³-hybridized carbons (Fsp3) is 0.727. The molecule has 0 radical (unpaired) electrons. The van der Waals surface area contributed by atoms with Gasteiger partial charge in [0.2, 0.25) is 0 Å². The van der Waals surface area contributed by atoms with E-state index in [1.54, 1.807) is 18.5 Å². The van der Waals surface area contributed by atoms with Gasteiger partial charge in [-0.1, -0.05) is 194 Å². The number of aromatic amines is 3. The Morgan fingerprint density at radius 2 is 0.718 bits per heavy atom. The Morgan fingerprint density at radius 3 is 1.00 bits per heavy atom. The zero-order chi connectivity index (χ0) is 52.1. The van der Waals surface area contributed by atoms with E-state index in [4.69, 9.17) is 29.2 Å². The van der Waals surface area contributed by atoms with Gasteiger partial charge < -0.3 is 48.8 Å². The van der Waals surface area contributed by atoms with Gasteiger partial charge >= 0.3 is 24.1 Å². The van der Waals surface area contributed by atoms with E-state index >= 15 is 0 Å². The van der Waals surface area contributed by atoms with Gasteiger partial charge in [0.15, 0.2) is 6.61 Å². The average molecular weight is 1010 g/mol. The third kappa shape index (κ3) is 37.8. The number of carboxylic acid groups (broad SMARTS) is 1. The minimum absolute atomic E-state index is 0.00659. The third-order valence-corrected chi connectivity index (χ3v) is 11.6. The second kappa shape index (κ2) is 44.1. The lowest BCUT2D eigenvalue weighted by atomic mass is 10.1. The molecule has 71 heavy (non-hydrogen) atoms. The van der Waals surface area contributed by atoms with Crippen LogP contribution in [0.5, 0.6) is 17.2 Å². The molecule has 0 amide bonds. The van der Waals surface area contributed by atoms with Crippen LogP contribution >= 0.6 is 0 Å². The van der Waals surface area contributed by atoms with Crippen molar-refractivity contribution in [3.63, 3.8) is 0 Å². The standard InChI is InChI=1S/C19H30F3NO3.C19H33NO4.C17H29NO3/c1-2-3-4-5-6-7-8-9-10-11-12-25-16-13-17(23-14-16)18(24)26-15-19(20,21)22;1-2-3-4-5-6-7-8-9-10-11-13-23-17-15-18(20-16-17)19(22)24-14-12-21;1-2-3-4-5-6-7-8-9-10-11-12-21-15-13-16(17(19)20)18-14-15/h13-14,23H,2-12,15H2,1H3;15-16,20-21H,2-14H2,1H3;13-14,18H,2-12H2,1H3,(H,19,20). The molecule has 0 spiro atoms. The van der Waals surface area contributed by atoms with Crippen molar-refractivity contribution in [2.75, 3.05) is 39.6 Å². The van der Waals surface area contributed by atoms with Crippen molar-refractivity contribution in [2.45, 2.75) is 220 Å².